The normalized spacial score (nSPS) is 11.5. The summed E-state index contributed by atoms with van der Waals surface area (Å²) in [5, 5.41) is 0.858. The van der Waals surface area contributed by atoms with Gasteiger partial charge in [0, 0.05) is 16.6 Å². The van der Waals surface area contributed by atoms with E-state index in [-0.39, 0.29) is 5.43 Å². The van der Waals surface area contributed by atoms with Crippen molar-refractivity contribution in [2.45, 2.75) is 66.3 Å². The average Bonchev–Trinajstić information content (AvgIpc) is 2.57. The van der Waals surface area contributed by atoms with E-state index in [2.05, 4.69) is 44.0 Å². The summed E-state index contributed by atoms with van der Waals surface area (Å²) >= 11 is 0. The summed E-state index contributed by atoms with van der Waals surface area (Å²) in [6.45, 7) is 11.8. The van der Waals surface area contributed by atoms with Crippen LogP contribution < -0.4 is 10.3 Å². The van der Waals surface area contributed by atoms with Crippen LogP contribution in [0.15, 0.2) is 23.0 Å². The Bertz CT molecular complexity index is 712. The molecule has 3 heteroatoms. The molecule has 2 rings (SSSR count). The van der Waals surface area contributed by atoms with Crippen molar-refractivity contribution in [1.82, 2.24) is 4.98 Å². The van der Waals surface area contributed by atoms with Gasteiger partial charge in [-0.15, -0.1) is 0 Å². The second kappa shape index (κ2) is 9.03. The largest absolute Gasteiger partial charge is 0.358 e. The van der Waals surface area contributed by atoms with Crippen LogP contribution in [0.3, 0.4) is 0 Å². The van der Waals surface area contributed by atoms with Gasteiger partial charge in [0.1, 0.15) is 6.54 Å². The van der Waals surface area contributed by atoms with Gasteiger partial charge in [0.15, 0.2) is 5.43 Å². The molecule has 0 aliphatic carbocycles. The molecular formula is C21H33N2O+. The van der Waals surface area contributed by atoms with Gasteiger partial charge < -0.3 is 9.88 Å². The second-order valence-corrected chi connectivity index (χ2v) is 6.97. The van der Waals surface area contributed by atoms with E-state index in [1.807, 2.05) is 6.92 Å². The summed E-state index contributed by atoms with van der Waals surface area (Å²) < 4.78 is 0. The lowest BCUT2D eigenvalue weighted by Crippen LogP contribution is -3.10. The number of hydrogen-bond donors (Lipinski definition) is 2. The molecule has 0 amide bonds. The number of rotatable bonds is 9. The molecule has 0 aliphatic rings. The molecule has 0 unspecified atom stereocenters. The predicted molar refractivity (Wildman–Crippen MR) is 103 cm³/mol. The maximum atomic E-state index is 13.1. The third-order valence-electron chi connectivity index (χ3n) is 4.83. The molecule has 1 aromatic carbocycles. The molecule has 0 aliphatic heterocycles. The summed E-state index contributed by atoms with van der Waals surface area (Å²) in [6, 6.07) is 6.33. The number of hydrogen-bond acceptors (Lipinski definition) is 1. The molecule has 0 bridgehead atoms. The Morgan fingerprint density at radius 2 is 1.75 bits per heavy atom. The molecule has 2 aromatic rings. The van der Waals surface area contributed by atoms with E-state index in [4.69, 9.17) is 0 Å². The van der Waals surface area contributed by atoms with Gasteiger partial charge in [-0.2, -0.15) is 0 Å². The van der Waals surface area contributed by atoms with Gasteiger partial charge in [0.05, 0.1) is 18.7 Å². The van der Waals surface area contributed by atoms with Crippen LogP contribution in [0, 0.1) is 6.92 Å². The summed E-state index contributed by atoms with van der Waals surface area (Å²) in [4.78, 5) is 18.1. The van der Waals surface area contributed by atoms with Gasteiger partial charge in [0.25, 0.3) is 0 Å². The van der Waals surface area contributed by atoms with Gasteiger partial charge in [-0.05, 0) is 50.3 Å². The molecule has 0 atom stereocenters. The molecule has 1 heterocycles. The molecule has 24 heavy (non-hydrogen) atoms. The number of unbranched alkanes of at least 4 members (excludes halogenated alkanes) is 1. The van der Waals surface area contributed by atoms with Crippen LogP contribution in [-0.2, 0) is 13.0 Å². The number of quaternary nitrogens is 1. The van der Waals surface area contributed by atoms with Crippen molar-refractivity contribution in [2.24, 2.45) is 0 Å². The van der Waals surface area contributed by atoms with E-state index in [0.717, 1.165) is 61.1 Å². The van der Waals surface area contributed by atoms with Crippen LogP contribution in [-0.4, -0.2) is 18.1 Å². The number of aryl methyl sites for hydroxylation is 2. The van der Waals surface area contributed by atoms with Crippen molar-refractivity contribution in [2.75, 3.05) is 13.1 Å². The minimum absolute atomic E-state index is 0.226. The lowest BCUT2D eigenvalue weighted by Gasteiger charge is -2.19. The van der Waals surface area contributed by atoms with Crippen LogP contribution in [0.25, 0.3) is 10.9 Å². The molecule has 3 nitrogen and oxygen atoms in total. The third-order valence-corrected chi connectivity index (χ3v) is 4.83. The Labute approximate surface area is 146 Å². The highest BCUT2D eigenvalue weighted by Crippen LogP contribution is 2.15. The molecule has 0 radical (unpaired) electrons. The van der Waals surface area contributed by atoms with E-state index in [0.29, 0.717) is 0 Å². The second-order valence-electron chi connectivity index (χ2n) is 6.97. The highest BCUT2D eigenvalue weighted by Gasteiger charge is 2.15. The third kappa shape index (κ3) is 4.47. The van der Waals surface area contributed by atoms with Crippen molar-refractivity contribution >= 4 is 10.9 Å². The molecule has 1 aromatic heterocycles. The molecule has 0 spiro atoms. The Morgan fingerprint density at radius 3 is 2.38 bits per heavy atom. The first-order valence-electron chi connectivity index (χ1n) is 9.58. The fourth-order valence-corrected chi connectivity index (χ4v) is 3.51. The maximum Gasteiger partial charge on any atom is 0.198 e. The summed E-state index contributed by atoms with van der Waals surface area (Å²) in [5.74, 6) is 0. The smallest absolute Gasteiger partial charge is 0.198 e. The van der Waals surface area contributed by atoms with E-state index in [1.165, 1.54) is 23.3 Å². The van der Waals surface area contributed by atoms with E-state index < -0.39 is 0 Å². The first-order chi connectivity index (χ1) is 11.6. The van der Waals surface area contributed by atoms with Crippen LogP contribution in [0.4, 0.5) is 0 Å². The van der Waals surface area contributed by atoms with E-state index in [1.54, 1.807) is 0 Å². The Morgan fingerprint density at radius 1 is 1.04 bits per heavy atom. The minimum Gasteiger partial charge on any atom is -0.358 e. The average molecular weight is 330 g/mol. The number of pyridine rings is 1. The van der Waals surface area contributed by atoms with Crippen molar-refractivity contribution in [3.63, 3.8) is 0 Å². The van der Waals surface area contributed by atoms with Crippen molar-refractivity contribution in [1.29, 1.82) is 0 Å². The summed E-state index contributed by atoms with van der Waals surface area (Å²) in [7, 11) is 0. The number of H-pyrrole nitrogens is 1. The standard InChI is InChI=1S/C21H32N2O/c1-5-8-9-17-10-11-20-18(14-17)21(24)19(16(4)22-20)15-23(12-6-2)13-7-3/h10-11,14H,5-9,12-13,15H2,1-4H3,(H,22,24)/p+1. The quantitative estimate of drug-likeness (QED) is 0.727. The van der Waals surface area contributed by atoms with Crippen molar-refractivity contribution in [3.05, 3.63) is 45.2 Å². The van der Waals surface area contributed by atoms with Crippen molar-refractivity contribution in [3.8, 4) is 0 Å². The monoisotopic (exact) mass is 329 g/mol. The van der Waals surface area contributed by atoms with Crippen LogP contribution >= 0.6 is 0 Å². The molecule has 2 N–H and O–H groups in total. The number of nitrogens with one attached hydrogen (secondary N) is 2. The zero-order valence-corrected chi connectivity index (χ0v) is 15.8. The Kier molecular flexibility index (Phi) is 7.04. The lowest BCUT2D eigenvalue weighted by molar-refractivity contribution is -0.914. The van der Waals surface area contributed by atoms with Gasteiger partial charge >= 0.3 is 0 Å². The highest BCUT2D eigenvalue weighted by atomic mass is 16.1. The van der Waals surface area contributed by atoms with Crippen LogP contribution in [0.1, 0.15) is 63.3 Å². The van der Waals surface area contributed by atoms with E-state index >= 15 is 0 Å². The Balaban J connectivity index is 2.40. The molecule has 0 saturated heterocycles. The predicted octanol–water partition coefficient (Wildman–Crippen LogP) is 3.38. The SMILES string of the molecule is CCCCc1ccc2[nH]c(C)c(C[NH+](CCC)CCC)c(=O)c2c1. The Hall–Kier alpha value is -1.61. The number of aromatic nitrogens is 1. The molecule has 132 valence electrons. The number of fused-ring (bicyclic) bond motifs is 1. The fourth-order valence-electron chi connectivity index (χ4n) is 3.51. The zero-order valence-electron chi connectivity index (χ0n) is 15.8. The van der Waals surface area contributed by atoms with Gasteiger partial charge in [-0.1, -0.05) is 33.3 Å². The van der Waals surface area contributed by atoms with Gasteiger partial charge in [-0.25, -0.2) is 0 Å². The highest BCUT2D eigenvalue weighted by molar-refractivity contribution is 5.80. The molecular weight excluding hydrogens is 296 g/mol. The van der Waals surface area contributed by atoms with Crippen molar-refractivity contribution < 1.29 is 4.90 Å². The summed E-state index contributed by atoms with van der Waals surface area (Å²) in [6.07, 6.45) is 5.72. The first kappa shape index (κ1) is 18.7. The maximum absolute atomic E-state index is 13.1. The molecule has 0 saturated carbocycles. The lowest BCUT2D eigenvalue weighted by atomic mass is 10.0. The number of benzene rings is 1. The number of aromatic amines is 1. The summed E-state index contributed by atoms with van der Waals surface area (Å²) in [5.41, 5.74) is 4.46. The fraction of sp³-hybridized carbons (Fsp3) is 0.571. The van der Waals surface area contributed by atoms with Gasteiger partial charge in [-0.3, -0.25) is 4.79 Å². The minimum atomic E-state index is 0.226. The van der Waals surface area contributed by atoms with Gasteiger partial charge in [0.2, 0.25) is 0 Å². The van der Waals surface area contributed by atoms with E-state index in [9.17, 15) is 4.79 Å². The zero-order chi connectivity index (χ0) is 17.5. The van der Waals surface area contributed by atoms with Crippen LogP contribution in [0.5, 0.6) is 0 Å². The topological polar surface area (TPSA) is 37.3 Å². The van der Waals surface area contributed by atoms with Crippen LogP contribution in [0.2, 0.25) is 0 Å². The first-order valence-corrected chi connectivity index (χ1v) is 9.58. The molecule has 0 fully saturated rings.